The molecule has 0 radical (unpaired) electrons. The summed E-state index contributed by atoms with van der Waals surface area (Å²) in [5.74, 6) is 0.238. The van der Waals surface area contributed by atoms with Crippen LogP contribution in [0.1, 0.15) is 91.4 Å². The van der Waals surface area contributed by atoms with E-state index in [4.69, 9.17) is 9.47 Å². The number of anilines is 1. The molecule has 1 saturated carbocycles. The lowest BCUT2D eigenvalue weighted by Crippen LogP contribution is -2.37. The number of hydrogen-bond donors (Lipinski definition) is 0. The maximum Gasteiger partial charge on any atom is 0.415 e. The molecule has 1 amide bonds. The highest BCUT2D eigenvalue weighted by molar-refractivity contribution is 5.93. The van der Waals surface area contributed by atoms with Crippen LogP contribution in [-0.4, -0.2) is 17.7 Å². The molecule has 0 saturated heterocycles. The van der Waals surface area contributed by atoms with Crippen LogP contribution in [0.4, 0.5) is 10.5 Å². The van der Waals surface area contributed by atoms with E-state index in [1.807, 2.05) is 58.0 Å². The Balaban J connectivity index is 1.52. The molecule has 0 atom stereocenters. The fourth-order valence-corrected chi connectivity index (χ4v) is 4.97. The highest BCUT2D eigenvalue weighted by Crippen LogP contribution is 2.33. The maximum atomic E-state index is 13.3. The van der Waals surface area contributed by atoms with Gasteiger partial charge in [0.25, 0.3) is 0 Å². The number of carbonyl (C=O) groups excluding carboxylic acids is 2. The Bertz CT molecular complexity index is 1220. The van der Waals surface area contributed by atoms with E-state index < -0.39 is 17.7 Å². The summed E-state index contributed by atoms with van der Waals surface area (Å²) in [5.41, 5.74) is 4.66. The number of esters is 1. The molecule has 3 aromatic rings. The standard InChI is InChI=1S/C33H39NO4/c1-24-21-29(31(35)37-23-26-11-7-5-8-12-26)19-20-30(24)34(32(36)38-33(2,3)4)22-25-15-17-28(18-16-25)27-13-9-6-10-14-27/h5,7-8,11-12,15-21,27H,6,9-10,13-14,22-23H2,1-4H3. The summed E-state index contributed by atoms with van der Waals surface area (Å²) in [6, 6.07) is 23.5. The molecule has 0 aliphatic heterocycles. The van der Waals surface area contributed by atoms with Gasteiger partial charge >= 0.3 is 12.1 Å². The average molecular weight is 514 g/mol. The van der Waals surface area contributed by atoms with Crippen molar-refractivity contribution in [2.75, 3.05) is 4.90 Å². The number of amides is 1. The SMILES string of the molecule is Cc1cc(C(=O)OCc2ccccc2)ccc1N(Cc1ccc(C2CCCCC2)cc1)C(=O)OC(C)(C)C. The second-order valence-corrected chi connectivity index (χ2v) is 11.2. The van der Waals surface area contributed by atoms with Crippen LogP contribution in [0.25, 0.3) is 0 Å². The summed E-state index contributed by atoms with van der Waals surface area (Å²) in [5, 5.41) is 0. The van der Waals surface area contributed by atoms with Gasteiger partial charge in [0.05, 0.1) is 17.8 Å². The van der Waals surface area contributed by atoms with Crippen LogP contribution in [0.2, 0.25) is 0 Å². The second kappa shape index (κ2) is 12.3. The Hall–Kier alpha value is -3.60. The van der Waals surface area contributed by atoms with Gasteiger partial charge in [-0.2, -0.15) is 0 Å². The predicted octanol–water partition coefficient (Wildman–Crippen LogP) is 8.34. The van der Waals surface area contributed by atoms with Gasteiger partial charge in [-0.15, -0.1) is 0 Å². The molecule has 0 N–H and O–H groups in total. The molecule has 3 aromatic carbocycles. The van der Waals surface area contributed by atoms with Crippen LogP contribution < -0.4 is 4.90 Å². The molecule has 0 heterocycles. The minimum absolute atomic E-state index is 0.210. The van der Waals surface area contributed by atoms with E-state index in [1.165, 1.54) is 37.7 Å². The van der Waals surface area contributed by atoms with E-state index in [1.54, 1.807) is 23.1 Å². The largest absolute Gasteiger partial charge is 0.457 e. The zero-order valence-corrected chi connectivity index (χ0v) is 23.0. The normalized spacial score (nSPS) is 14.1. The Morgan fingerprint density at radius 3 is 2.18 bits per heavy atom. The van der Waals surface area contributed by atoms with Crippen LogP contribution in [0.15, 0.2) is 72.8 Å². The molecule has 0 bridgehead atoms. The summed E-state index contributed by atoms with van der Waals surface area (Å²) < 4.78 is 11.3. The van der Waals surface area contributed by atoms with Crippen LogP contribution in [-0.2, 0) is 22.6 Å². The first-order chi connectivity index (χ1) is 18.2. The smallest absolute Gasteiger partial charge is 0.415 e. The van der Waals surface area contributed by atoms with E-state index in [2.05, 4.69) is 24.3 Å². The van der Waals surface area contributed by atoms with Crippen molar-refractivity contribution < 1.29 is 19.1 Å². The number of carbonyl (C=O) groups is 2. The van der Waals surface area contributed by atoms with Gasteiger partial charge < -0.3 is 9.47 Å². The van der Waals surface area contributed by atoms with Crippen LogP contribution in [0, 0.1) is 6.92 Å². The van der Waals surface area contributed by atoms with Gasteiger partial charge in [-0.05, 0) is 86.9 Å². The Kier molecular flexibility index (Phi) is 8.88. The number of ether oxygens (including phenoxy) is 2. The average Bonchev–Trinajstić information content (AvgIpc) is 2.91. The van der Waals surface area contributed by atoms with Crippen molar-refractivity contribution in [1.29, 1.82) is 0 Å². The summed E-state index contributed by atoms with van der Waals surface area (Å²) in [4.78, 5) is 27.7. The topological polar surface area (TPSA) is 55.8 Å². The van der Waals surface area contributed by atoms with E-state index >= 15 is 0 Å². The third-order valence-electron chi connectivity index (χ3n) is 6.95. The van der Waals surface area contributed by atoms with Gasteiger partial charge in [-0.1, -0.05) is 73.9 Å². The lowest BCUT2D eigenvalue weighted by Gasteiger charge is -2.29. The number of aryl methyl sites for hydroxylation is 1. The molecular formula is C33H39NO4. The van der Waals surface area contributed by atoms with Gasteiger partial charge in [0, 0.05) is 0 Å². The van der Waals surface area contributed by atoms with Crippen molar-refractivity contribution in [1.82, 2.24) is 0 Å². The molecule has 0 aromatic heterocycles. The summed E-state index contributed by atoms with van der Waals surface area (Å²) in [7, 11) is 0. The third kappa shape index (κ3) is 7.47. The van der Waals surface area contributed by atoms with Gasteiger partial charge in [-0.3, -0.25) is 4.90 Å². The zero-order valence-electron chi connectivity index (χ0n) is 23.0. The maximum absolute atomic E-state index is 13.3. The lowest BCUT2D eigenvalue weighted by atomic mass is 9.84. The zero-order chi connectivity index (χ0) is 27.1. The molecule has 200 valence electrons. The van der Waals surface area contributed by atoms with Gasteiger partial charge in [0.15, 0.2) is 0 Å². The van der Waals surface area contributed by atoms with Crippen molar-refractivity contribution >= 4 is 17.7 Å². The molecule has 38 heavy (non-hydrogen) atoms. The Labute approximate surface area is 226 Å². The van der Waals surface area contributed by atoms with Gasteiger partial charge in [-0.25, -0.2) is 9.59 Å². The van der Waals surface area contributed by atoms with Crippen molar-refractivity contribution in [2.24, 2.45) is 0 Å². The minimum atomic E-state index is -0.630. The number of rotatable bonds is 7. The van der Waals surface area contributed by atoms with Crippen molar-refractivity contribution in [2.45, 2.75) is 84.5 Å². The highest BCUT2D eigenvalue weighted by atomic mass is 16.6. The summed E-state index contributed by atoms with van der Waals surface area (Å²) in [6.07, 6.45) is 6.02. The quantitative estimate of drug-likeness (QED) is 0.298. The number of benzene rings is 3. The van der Waals surface area contributed by atoms with Crippen LogP contribution in [0.5, 0.6) is 0 Å². The third-order valence-corrected chi connectivity index (χ3v) is 6.95. The first-order valence-electron chi connectivity index (χ1n) is 13.6. The second-order valence-electron chi connectivity index (χ2n) is 11.2. The molecular weight excluding hydrogens is 474 g/mol. The van der Waals surface area contributed by atoms with E-state index in [-0.39, 0.29) is 6.61 Å². The summed E-state index contributed by atoms with van der Waals surface area (Å²) in [6.45, 7) is 8.06. The van der Waals surface area contributed by atoms with Crippen molar-refractivity contribution in [3.63, 3.8) is 0 Å². The first-order valence-corrected chi connectivity index (χ1v) is 13.6. The molecule has 1 aliphatic carbocycles. The fraction of sp³-hybridized carbons (Fsp3) is 0.394. The number of nitrogens with zero attached hydrogens (tertiary/aromatic N) is 1. The minimum Gasteiger partial charge on any atom is -0.457 e. The molecule has 0 unspecified atom stereocenters. The molecule has 4 rings (SSSR count). The Morgan fingerprint density at radius 1 is 0.868 bits per heavy atom. The Morgan fingerprint density at radius 2 is 1.55 bits per heavy atom. The molecule has 1 fully saturated rings. The van der Waals surface area contributed by atoms with Crippen LogP contribution in [0.3, 0.4) is 0 Å². The summed E-state index contributed by atoms with van der Waals surface area (Å²) >= 11 is 0. The molecule has 1 aliphatic rings. The molecule has 5 heteroatoms. The number of hydrogen-bond acceptors (Lipinski definition) is 4. The lowest BCUT2D eigenvalue weighted by molar-refractivity contribution is 0.0472. The predicted molar refractivity (Wildman–Crippen MR) is 151 cm³/mol. The van der Waals surface area contributed by atoms with E-state index in [0.29, 0.717) is 23.7 Å². The highest BCUT2D eigenvalue weighted by Gasteiger charge is 2.26. The monoisotopic (exact) mass is 513 g/mol. The van der Waals surface area contributed by atoms with E-state index in [9.17, 15) is 9.59 Å². The molecule has 5 nitrogen and oxygen atoms in total. The first kappa shape index (κ1) is 27.4. The van der Waals surface area contributed by atoms with Crippen LogP contribution >= 0.6 is 0 Å². The molecule has 0 spiro atoms. The van der Waals surface area contributed by atoms with Crippen molar-refractivity contribution in [3.05, 3.63) is 101 Å². The van der Waals surface area contributed by atoms with Gasteiger partial charge in [0.1, 0.15) is 12.2 Å². The van der Waals surface area contributed by atoms with Crippen molar-refractivity contribution in [3.8, 4) is 0 Å². The van der Waals surface area contributed by atoms with Gasteiger partial charge in [0.2, 0.25) is 0 Å². The van der Waals surface area contributed by atoms with E-state index in [0.717, 1.165) is 16.7 Å². The fourth-order valence-electron chi connectivity index (χ4n) is 4.97.